The maximum atomic E-state index is 6.48. The van der Waals surface area contributed by atoms with E-state index in [0.717, 1.165) is 11.8 Å². The lowest BCUT2D eigenvalue weighted by atomic mass is 9.81. The Bertz CT molecular complexity index is 271. The molecule has 0 aromatic rings. The Hall–Kier alpha value is -0.300. The van der Waals surface area contributed by atoms with Crippen LogP contribution in [0.15, 0.2) is 12.2 Å². The molecule has 1 nitrogen and oxygen atoms in total. The minimum absolute atomic E-state index is 0.450. The third kappa shape index (κ3) is 2.99. The van der Waals surface area contributed by atoms with Crippen molar-refractivity contribution in [1.82, 2.24) is 0 Å². The van der Waals surface area contributed by atoms with Crippen molar-refractivity contribution in [3.63, 3.8) is 0 Å². The third-order valence-electron chi connectivity index (χ3n) is 5.32. The van der Waals surface area contributed by atoms with E-state index in [0.29, 0.717) is 12.2 Å². The van der Waals surface area contributed by atoms with Gasteiger partial charge in [-0.3, -0.25) is 0 Å². The predicted octanol–water partition coefficient (Wildman–Crippen LogP) is 4.86. The van der Waals surface area contributed by atoms with E-state index in [2.05, 4.69) is 12.2 Å². The quantitative estimate of drug-likeness (QED) is 0.634. The lowest BCUT2D eigenvalue weighted by Crippen LogP contribution is -2.36. The summed E-state index contributed by atoms with van der Waals surface area (Å²) >= 11 is 0. The fourth-order valence-corrected chi connectivity index (χ4v) is 4.19. The van der Waals surface area contributed by atoms with E-state index in [4.69, 9.17) is 4.74 Å². The van der Waals surface area contributed by atoms with Crippen molar-refractivity contribution in [2.24, 2.45) is 11.8 Å². The Labute approximate surface area is 112 Å². The van der Waals surface area contributed by atoms with Crippen LogP contribution in [0.25, 0.3) is 0 Å². The second-order valence-corrected chi connectivity index (χ2v) is 6.60. The van der Waals surface area contributed by atoms with E-state index in [1.807, 2.05) is 0 Å². The highest BCUT2D eigenvalue weighted by atomic mass is 16.5. The van der Waals surface area contributed by atoms with Gasteiger partial charge in [-0.2, -0.15) is 0 Å². The van der Waals surface area contributed by atoms with Crippen LogP contribution in [0.3, 0.4) is 0 Å². The van der Waals surface area contributed by atoms with Crippen molar-refractivity contribution < 1.29 is 4.74 Å². The molecule has 0 N–H and O–H groups in total. The molecule has 18 heavy (non-hydrogen) atoms. The van der Waals surface area contributed by atoms with E-state index in [1.54, 1.807) is 0 Å². The first kappa shape index (κ1) is 12.7. The molecule has 1 aliphatic heterocycles. The molecule has 2 fully saturated rings. The molecule has 0 amide bonds. The fourth-order valence-electron chi connectivity index (χ4n) is 4.19. The van der Waals surface area contributed by atoms with Gasteiger partial charge in [0.15, 0.2) is 0 Å². The Morgan fingerprint density at radius 1 is 0.722 bits per heavy atom. The van der Waals surface area contributed by atoms with Crippen LogP contribution in [-0.4, -0.2) is 12.2 Å². The molecule has 3 aliphatic rings. The number of rotatable bonds is 2. The minimum atomic E-state index is 0.450. The van der Waals surface area contributed by atoms with Crippen LogP contribution in [0.4, 0.5) is 0 Å². The maximum absolute atomic E-state index is 6.48. The number of hydrogen-bond acceptors (Lipinski definition) is 1. The smallest absolute Gasteiger partial charge is 0.0788 e. The first-order chi connectivity index (χ1) is 8.93. The fraction of sp³-hybridized carbons (Fsp3) is 0.882. The molecule has 2 atom stereocenters. The SMILES string of the molecule is C1=C[C@H](C2CCCCC2)O[C@H](C2CCCCC2)C1. The first-order valence-corrected chi connectivity index (χ1v) is 8.25. The van der Waals surface area contributed by atoms with E-state index < -0.39 is 0 Å². The molecule has 3 rings (SSSR count). The lowest BCUT2D eigenvalue weighted by Gasteiger charge is -2.38. The van der Waals surface area contributed by atoms with E-state index >= 15 is 0 Å². The molecule has 2 aliphatic carbocycles. The molecule has 0 aromatic heterocycles. The summed E-state index contributed by atoms with van der Waals surface area (Å²) in [5, 5.41) is 0. The van der Waals surface area contributed by atoms with Gasteiger partial charge in [0.1, 0.15) is 0 Å². The third-order valence-corrected chi connectivity index (χ3v) is 5.32. The summed E-state index contributed by atoms with van der Waals surface area (Å²) in [6, 6.07) is 0. The Morgan fingerprint density at radius 2 is 1.33 bits per heavy atom. The predicted molar refractivity (Wildman–Crippen MR) is 75.6 cm³/mol. The highest BCUT2D eigenvalue weighted by Crippen LogP contribution is 2.36. The van der Waals surface area contributed by atoms with Gasteiger partial charge in [-0.1, -0.05) is 50.7 Å². The van der Waals surface area contributed by atoms with Gasteiger partial charge in [0.05, 0.1) is 12.2 Å². The molecule has 1 heteroatoms. The summed E-state index contributed by atoms with van der Waals surface area (Å²) in [4.78, 5) is 0. The Balaban J connectivity index is 1.57. The number of hydrogen-bond donors (Lipinski definition) is 0. The van der Waals surface area contributed by atoms with Gasteiger partial charge in [-0.25, -0.2) is 0 Å². The lowest BCUT2D eigenvalue weighted by molar-refractivity contribution is -0.0647. The highest BCUT2D eigenvalue weighted by Gasteiger charge is 2.31. The van der Waals surface area contributed by atoms with Crippen LogP contribution >= 0.6 is 0 Å². The van der Waals surface area contributed by atoms with Crippen molar-refractivity contribution in [3.05, 3.63) is 12.2 Å². The van der Waals surface area contributed by atoms with Crippen molar-refractivity contribution >= 4 is 0 Å². The summed E-state index contributed by atoms with van der Waals surface area (Å²) in [6.45, 7) is 0. The second-order valence-electron chi connectivity index (χ2n) is 6.60. The standard InChI is InChI=1S/C17H28O/c1-3-8-14(9-4-1)16-12-7-13-17(18-16)15-10-5-2-6-11-15/h7,12,14-17H,1-6,8-11,13H2/t16-,17+/m1/s1. The molecular weight excluding hydrogens is 220 g/mol. The Kier molecular flexibility index (Phi) is 4.40. The molecule has 0 spiro atoms. The maximum Gasteiger partial charge on any atom is 0.0788 e. The van der Waals surface area contributed by atoms with Gasteiger partial charge in [0.25, 0.3) is 0 Å². The molecular formula is C17H28O. The molecule has 0 saturated heterocycles. The van der Waals surface area contributed by atoms with Crippen LogP contribution < -0.4 is 0 Å². The summed E-state index contributed by atoms with van der Waals surface area (Å²) in [6.07, 6.45) is 21.2. The zero-order valence-electron chi connectivity index (χ0n) is 11.7. The molecule has 0 bridgehead atoms. The van der Waals surface area contributed by atoms with Crippen LogP contribution in [0, 0.1) is 11.8 Å². The molecule has 2 saturated carbocycles. The summed E-state index contributed by atoms with van der Waals surface area (Å²) in [5.74, 6) is 1.68. The monoisotopic (exact) mass is 248 g/mol. The van der Waals surface area contributed by atoms with E-state index in [9.17, 15) is 0 Å². The number of ether oxygens (including phenoxy) is 1. The van der Waals surface area contributed by atoms with Crippen molar-refractivity contribution in [2.45, 2.75) is 82.8 Å². The first-order valence-electron chi connectivity index (χ1n) is 8.25. The van der Waals surface area contributed by atoms with Gasteiger partial charge in [0.2, 0.25) is 0 Å². The summed E-state index contributed by atoms with van der Waals surface area (Å²) in [5.41, 5.74) is 0. The molecule has 0 aromatic carbocycles. The molecule has 0 radical (unpaired) electrons. The second kappa shape index (κ2) is 6.23. The van der Waals surface area contributed by atoms with Crippen LogP contribution in [0.1, 0.15) is 70.6 Å². The van der Waals surface area contributed by atoms with E-state index in [-0.39, 0.29) is 0 Å². The average Bonchev–Trinajstić information content (AvgIpc) is 2.49. The van der Waals surface area contributed by atoms with Crippen molar-refractivity contribution in [1.29, 1.82) is 0 Å². The van der Waals surface area contributed by atoms with Crippen molar-refractivity contribution in [3.8, 4) is 0 Å². The van der Waals surface area contributed by atoms with Crippen LogP contribution in [0.5, 0.6) is 0 Å². The topological polar surface area (TPSA) is 9.23 Å². The minimum Gasteiger partial charge on any atom is -0.370 e. The van der Waals surface area contributed by atoms with Gasteiger partial charge in [0, 0.05) is 0 Å². The molecule has 0 unspecified atom stereocenters. The van der Waals surface area contributed by atoms with Gasteiger partial charge in [-0.15, -0.1) is 0 Å². The highest BCUT2D eigenvalue weighted by molar-refractivity contribution is 5.00. The zero-order chi connectivity index (χ0) is 12.2. The molecule has 102 valence electrons. The van der Waals surface area contributed by atoms with Gasteiger partial charge >= 0.3 is 0 Å². The van der Waals surface area contributed by atoms with Crippen LogP contribution in [-0.2, 0) is 4.74 Å². The summed E-state index contributed by atoms with van der Waals surface area (Å²) < 4.78 is 6.48. The normalized spacial score (nSPS) is 35.8. The average molecular weight is 248 g/mol. The summed E-state index contributed by atoms with van der Waals surface area (Å²) in [7, 11) is 0. The Morgan fingerprint density at radius 3 is 2.00 bits per heavy atom. The van der Waals surface area contributed by atoms with E-state index in [1.165, 1.54) is 70.6 Å². The van der Waals surface area contributed by atoms with Crippen molar-refractivity contribution in [2.75, 3.05) is 0 Å². The van der Waals surface area contributed by atoms with Gasteiger partial charge in [-0.05, 0) is 43.9 Å². The zero-order valence-corrected chi connectivity index (χ0v) is 11.7. The largest absolute Gasteiger partial charge is 0.370 e. The van der Waals surface area contributed by atoms with Gasteiger partial charge < -0.3 is 4.74 Å². The van der Waals surface area contributed by atoms with Crippen LogP contribution in [0.2, 0.25) is 0 Å². The molecule has 1 heterocycles.